The van der Waals surface area contributed by atoms with Gasteiger partial charge >= 0.3 is 0 Å². The molecule has 2 amide bonds. The number of piperidine rings is 1. The zero-order valence-corrected chi connectivity index (χ0v) is 16.7. The second-order valence-corrected chi connectivity index (χ2v) is 7.80. The molecule has 1 aliphatic rings. The van der Waals surface area contributed by atoms with E-state index in [9.17, 15) is 9.59 Å². The van der Waals surface area contributed by atoms with Gasteiger partial charge in [0.1, 0.15) is 6.26 Å². The number of nitrogens with zero attached hydrogens (tertiary/aromatic N) is 3. The van der Waals surface area contributed by atoms with Crippen molar-refractivity contribution in [1.82, 2.24) is 15.0 Å². The zero-order chi connectivity index (χ0) is 19.6. The van der Waals surface area contributed by atoms with Gasteiger partial charge in [-0.3, -0.25) is 9.59 Å². The van der Waals surface area contributed by atoms with Crippen LogP contribution in [0.2, 0.25) is 0 Å². The molecule has 1 saturated heterocycles. The van der Waals surface area contributed by atoms with E-state index in [1.807, 2.05) is 30.3 Å². The minimum Gasteiger partial charge on any atom is -0.363 e. The quantitative estimate of drug-likeness (QED) is 0.650. The van der Waals surface area contributed by atoms with Crippen LogP contribution in [0.4, 0.5) is 5.82 Å². The molecule has 7 nitrogen and oxygen atoms in total. The van der Waals surface area contributed by atoms with E-state index >= 15 is 0 Å². The van der Waals surface area contributed by atoms with Crippen LogP contribution in [0, 0.1) is 0 Å². The summed E-state index contributed by atoms with van der Waals surface area (Å²) in [5.74, 6) is 0.347. The number of carbonyl (C=O) groups is 2. The number of aromatic nitrogens is 1. The number of benzene rings is 1. The molecule has 2 aromatic rings. The molecule has 28 heavy (non-hydrogen) atoms. The fourth-order valence-corrected chi connectivity index (χ4v) is 3.95. The monoisotopic (exact) mass is 402 g/mol. The highest BCUT2D eigenvalue weighted by molar-refractivity contribution is 8.00. The summed E-state index contributed by atoms with van der Waals surface area (Å²) < 4.78 is 4.73. The molecule has 1 N–H and O–H groups in total. The molecule has 0 bridgehead atoms. The van der Waals surface area contributed by atoms with E-state index in [2.05, 4.69) is 15.4 Å². The molecule has 1 fully saturated rings. The highest BCUT2D eigenvalue weighted by atomic mass is 32.2. The lowest BCUT2D eigenvalue weighted by Gasteiger charge is -2.29. The van der Waals surface area contributed by atoms with Crippen molar-refractivity contribution < 1.29 is 14.1 Å². The molecule has 0 spiro atoms. The van der Waals surface area contributed by atoms with E-state index in [0.29, 0.717) is 18.1 Å². The Hall–Kier alpha value is -2.32. The number of hydrogen-bond acceptors (Lipinski definition) is 6. The molecule has 3 rings (SSSR count). The van der Waals surface area contributed by atoms with Crippen LogP contribution in [0.1, 0.15) is 19.3 Å². The molecular weight excluding hydrogens is 376 g/mol. The Morgan fingerprint density at radius 3 is 2.64 bits per heavy atom. The zero-order valence-electron chi connectivity index (χ0n) is 15.9. The Balaban J connectivity index is 1.55. The first-order valence-electron chi connectivity index (χ1n) is 9.59. The third kappa shape index (κ3) is 6.69. The third-order valence-corrected chi connectivity index (χ3v) is 5.63. The van der Waals surface area contributed by atoms with Crippen LogP contribution in [-0.4, -0.2) is 65.2 Å². The first-order valence-corrected chi connectivity index (χ1v) is 10.6. The van der Waals surface area contributed by atoms with Gasteiger partial charge in [-0.05, 0) is 38.1 Å². The van der Waals surface area contributed by atoms with Gasteiger partial charge in [-0.15, -0.1) is 11.8 Å². The van der Waals surface area contributed by atoms with Crippen molar-refractivity contribution in [3.63, 3.8) is 0 Å². The molecule has 8 heteroatoms. The fraction of sp³-hybridized carbons (Fsp3) is 0.450. The number of anilines is 1. The third-order valence-electron chi connectivity index (χ3n) is 4.63. The van der Waals surface area contributed by atoms with Crippen LogP contribution in [-0.2, 0) is 9.59 Å². The molecule has 2 heterocycles. The number of thioether (sulfide) groups is 1. The van der Waals surface area contributed by atoms with Gasteiger partial charge in [0.05, 0.1) is 12.3 Å². The molecule has 0 unspecified atom stereocenters. The van der Waals surface area contributed by atoms with Gasteiger partial charge in [-0.2, -0.15) is 0 Å². The Bertz CT molecular complexity index is 733. The first kappa shape index (κ1) is 20.4. The van der Waals surface area contributed by atoms with Crippen LogP contribution in [0.25, 0.3) is 0 Å². The number of rotatable bonds is 9. The Labute approximate surface area is 169 Å². The Morgan fingerprint density at radius 1 is 1.14 bits per heavy atom. The smallest absolute Gasteiger partial charge is 0.245 e. The summed E-state index contributed by atoms with van der Waals surface area (Å²) in [7, 11) is 0. The molecule has 1 aliphatic heterocycles. The number of nitrogens with one attached hydrogen (secondary N) is 1. The van der Waals surface area contributed by atoms with Gasteiger partial charge in [0.15, 0.2) is 5.82 Å². The summed E-state index contributed by atoms with van der Waals surface area (Å²) in [5.41, 5.74) is 0. The molecule has 150 valence electrons. The molecule has 0 aliphatic carbocycles. The summed E-state index contributed by atoms with van der Waals surface area (Å²) in [6.07, 6.45) is 5.06. The summed E-state index contributed by atoms with van der Waals surface area (Å²) in [6, 6.07) is 11.4. The molecular formula is C20H26N4O3S. The van der Waals surface area contributed by atoms with Crippen LogP contribution in [0.15, 0.2) is 52.1 Å². The van der Waals surface area contributed by atoms with Gasteiger partial charge in [0.2, 0.25) is 11.8 Å². The molecule has 0 atom stereocenters. The fourth-order valence-electron chi connectivity index (χ4n) is 3.12. The van der Waals surface area contributed by atoms with Crippen molar-refractivity contribution in [2.24, 2.45) is 0 Å². The SMILES string of the molecule is O=C(CN(CCN1CCCCC1)C(=O)CSc1ccccc1)Nc1ccon1. The minimum atomic E-state index is -0.273. The van der Waals surface area contributed by atoms with E-state index in [1.165, 1.54) is 37.3 Å². The average Bonchev–Trinajstić information content (AvgIpc) is 3.23. The highest BCUT2D eigenvalue weighted by Gasteiger charge is 2.20. The van der Waals surface area contributed by atoms with Crippen LogP contribution < -0.4 is 5.32 Å². The van der Waals surface area contributed by atoms with E-state index in [0.717, 1.165) is 24.5 Å². The predicted octanol–water partition coefficient (Wildman–Crippen LogP) is 2.72. The lowest BCUT2D eigenvalue weighted by atomic mass is 10.1. The van der Waals surface area contributed by atoms with Crippen molar-refractivity contribution >= 4 is 29.4 Å². The maximum absolute atomic E-state index is 12.8. The maximum Gasteiger partial charge on any atom is 0.245 e. The second kappa shape index (κ2) is 10.9. The standard InChI is InChI=1S/C20H26N4O3S/c25-19(21-18-9-14-27-22-18)15-24(13-12-23-10-5-2-6-11-23)20(26)16-28-17-7-3-1-4-8-17/h1,3-4,7-9,14H,2,5-6,10-13,15-16H2,(H,21,22,25). The molecule has 1 aromatic heterocycles. The van der Waals surface area contributed by atoms with Gasteiger partial charge in [-0.1, -0.05) is 29.8 Å². The second-order valence-electron chi connectivity index (χ2n) is 6.75. The van der Waals surface area contributed by atoms with Crippen molar-refractivity contribution in [3.05, 3.63) is 42.7 Å². The Kier molecular flexibility index (Phi) is 7.93. The van der Waals surface area contributed by atoms with Crippen molar-refractivity contribution in [1.29, 1.82) is 0 Å². The Morgan fingerprint density at radius 2 is 1.93 bits per heavy atom. The van der Waals surface area contributed by atoms with Crippen molar-refractivity contribution in [2.75, 3.05) is 43.8 Å². The van der Waals surface area contributed by atoms with Crippen LogP contribution in [0.3, 0.4) is 0 Å². The molecule has 1 aromatic carbocycles. The maximum atomic E-state index is 12.8. The summed E-state index contributed by atoms with van der Waals surface area (Å²) in [5, 5.41) is 6.34. The van der Waals surface area contributed by atoms with Gasteiger partial charge in [0, 0.05) is 24.1 Å². The van der Waals surface area contributed by atoms with Gasteiger partial charge in [-0.25, -0.2) is 0 Å². The number of amides is 2. The highest BCUT2D eigenvalue weighted by Crippen LogP contribution is 2.17. The summed E-state index contributed by atoms with van der Waals surface area (Å²) in [6.45, 7) is 3.46. The van der Waals surface area contributed by atoms with E-state index < -0.39 is 0 Å². The van der Waals surface area contributed by atoms with Gasteiger partial charge in [0.25, 0.3) is 0 Å². The molecule has 0 radical (unpaired) electrons. The van der Waals surface area contributed by atoms with E-state index in [-0.39, 0.29) is 18.4 Å². The topological polar surface area (TPSA) is 78.7 Å². The molecule has 0 saturated carbocycles. The van der Waals surface area contributed by atoms with Crippen molar-refractivity contribution in [3.8, 4) is 0 Å². The van der Waals surface area contributed by atoms with Crippen molar-refractivity contribution in [2.45, 2.75) is 24.2 Å². The van der Waals surface area contributed by atoms with E-state index in [4.69, 9.17) is 4.52 Å². The predicted molar refractivity (Wildman–Crippen MR) is 109 cm³/mol. The average molecular weight is 403 g/mol. The summed E-state index contributed by atoms with van der Waals surface area (Å²) >= 11 is 1.49. The van der Waals surface area contributed by atoms with Crippen LogP contribution in [0.5, 0.6) is 0 Å². The minimum absolute atomic E-state index is 0.00881. The lowest BCUT2D eigenvalue weighted by Crippen LogP contribution is -2.44. The summed E-state index contributed by atoms with van der Waals surface area (Å²) in [4.78, 5) is 30.2. The number of likely N-dealkylation sites (tertiary alicyclic amines) is 1. The first-order chi connectivity index (χ1) is 13.7. The number of carbonyl (C=O) groups excluding carboxylic acids is 2. The normalized spacial score (nSPS) is 14.6. The lowest BCUT2D eigenvalue weighted by molar-refractivity contribution is -0.132. The largest absolute Gasteiger partial charge is 0.363 e. The number of hydrogen-bond donors (Lipinski definition) is 1. The van der Waals surface area contributed by atoms with Crippen LogP contribution >= 0.6 is 11.8 Å². The van der Waals surface area contributed by atoms with E-state index in [1.54, 1.807) is 11.0 Å². The van der Waals surface area contributed by atoms with Gasteiger partial charge < -0.3 is 19.6 Å².